The molecule has 0 saturated heterocycles. The van der Waals surface area contributed by atoms with Crippen molar-refractivity contribution in [3.8, 4) is 0 Å². The highest BCUT2D eigenvalue weighted by Gasteiger charge is 2.33. The van der Waals surface area contributed by atoms with Crippen LogP contribution in [0, 0.1) is 13.8 Å². The van der Waals surface area contributed by atoms with Crippen molar-refractivity contribution < 1.29 is 30.0 Å². The topological polar surface area (TPSA) is 95.9 Å². The predicted octanol–water partition coefficient (Wildman–Crippen LogP) is 6.07. The Morgan fingerprint density at radius 3 is 1.81 bits per heavy atom. The Morgan fingerprint density at radius 1 is 0.762 bits per heavy atom. The Bertz CT molecular complexity index is 1740. The lowest BCUT2D eigenvalue weighted by molar-refractivity contribution is -0.137. The fourth-order valence-corrected chi connectivity index (χ4v) is 6.43. The molecule has 4 aromatic rings. The largest absolute Gasteiger partial charge is 0.416 e. The first-order valence-corrected chi connectivity index (χ1v) is 15.6. The molecular formula is C30H28F3N3O4S2. The van der Waals surface area contributed by atoms with Crippen LogP contribution in [0.5, 0.6) is 0 Å². The number of nitrogens with one attached hydrogen (secondary N) is 1. The molecule has 0 bridgehead atoms. The Hall–Kier alpha value is -4.00. The number of hydrazone groups is 1. The SMILES string of the molecule is Cc1ccc(S(=O)(=O)NCC(c2ccccc2)N(/N=C/c2ccc(C(F)(F)F)cc2)S(=O)(=O)c2ccc(C)cc2)cc1. The minimum Gasteiger partial charge on any atom is -0.209 e. The summed E-state index contributed by atoms with van der Waals surface area (Å²) in [6.07, 6.45) is -3.42. The van der Waals surface area contributed by atoms with Crippen LogP contribution in [0.25, 0.3) is 0 Å². The van der Waals surface area contributed by atoms with Crippen LogP contribution in [0.1, 0.15) is 33.9 Å². The van der Waals surface area contributed by atoms with Gasteiger partial charge in [0.1, 0.15) is 6.04 Å². The summed E-state index contributed by atoms with van der Waals surface area (Å²) in [4.78, 5) is -0.0962. The van der Waals surface area contributed by atoms with Gasteiger partial charge in [0.2, 0.25) is 10.0 Å². The number of nitrogens with zero attached hydrogens (tertiary/aromatic N) is 2. The van der Waals surface area contributed by atoms with Crippen molar-refractivity contribution in [2.75, 3.05) is 6.54 Å². The average molecular weight is 616 g/mol. The number of sulfonamides is 2. The lowest BCUT2D eigenvalue weighted by atomic mass is 10.1. The van der Waals surface area contributed by atoms with Gasteiger partial charge < -0.3 is 0 Å². The summed E-state index contributed by atoms with van der Waals surface area (Å²) in [5, 5.41) is 4.22. The molecule has 1 unspecified atom stereocenters. The molecule has 0 heterocycles. The summed E-state index contributed by atoms with van der Waals surface area (Å²) < 4.78 is 96.7. The third-order valence-corrected chi connectivity index (χ3v) is 9.52. The van der Waals surface area contributed by atoms with Gasteiger partial charge in [0.05, 0.1) is 21.6 Å². The van der Waals surface area contributed by atoms with Gasteiger partial charge in [-0.3, -0.25) is 0 Å². The number of rotatable bonds is 10. The second kappa shape index (κ2) is 12.5. The number of halogens is 3. The van der Waals surface area contributed by atoms with E-state index in [1.165, 1.54) is 36.4 Å². The molecule has 7 nitrogen and oxygen atoms in total. The van der Waals surface area contributed by atoms with Gasteiger partial charge in [-0.2, -0.15) is 31.1 Å². The summed E-state index contributed by atoms with van der Waals surface area (Å²) >= 11 is 0. The van der Waals surface area contributed by atoms with E-state index in [2.05, 4.69) is 9.82 Å². The summed E-state index contributed by atoms with van der Waals surface area (Å²) in [5.74, 6) is 0. The Kier molecular flexibility index (Phi) is 9.19. The number of hydrogen-bond donors (Lipinski definition) is 1. The number of hydrogen-bond acceptors (Lipinski definition) is 5. The molecule has 0 aliphatic rings. The zero-order valence-corrected chi connectivity index (χ0v) is 24.3. The van der Waals surface area contributed by atoms with E-state index in [-0.39, 0.29) is 15.4 Å². The standard InChI is InChI=1S/C30H28F3N3O4S2/c1-22-8-16-27(17-9-22)41(37,38)35-21-29(25-6-4-3-5-7-25)36(42(39,40)28-18-10-23(2)11-19-28)34-20-24-12-14-26(15-13-24)30(31,32)33/h3-20,29,35H,21H2,1-2H3/b34-20+. The zero-order valence-electron chi connectivity index (χ0n) is 22.7. The highest BCUT2D eigenvalue weighted by atomic mass is 32.2. The fourth-order valence-electron chi connectivity index (χ4n) is 4.00. The lowest BCUT2D eigenvalue weighted by Gasteiger charge is -2.29. The monoisotopic (exact) mass is 615 g/mol. The highest BCUT2D eigenvalue weighted by molar-refractivity contribution is 7.89. The maximum atomic E-state index is 14.0. The van der Waals surface area contributed by atoms with E-state index in [4.69, 9.17) is 0 Å². The second-order valence-electron chi connectivity index (χ2n) is 9.55. The fraction of sp³-hybridized carbons (Fsp3) is 0.167. The Labute approximate surface area is 243 Å². The molecule has 0 radical (unpaired) electrons. The molecule has 0 aliphatic carbocycles. The summed E-state index contributed by atoms with van der Waals surface area (Å²) in [5.41, 5.74) is 1.46. The molecule has 0 amide bonds. The average Bonchev–Trinajstić information content (AvgIpc) is 2.95. The van der Waals surface area contributed by atoms with Crippen LogP contribution < -0.4 is 4.72 Å². The number of aryl methyl sites for hydroxylation is 2. The van der Waals surface area contributed by atoms with E-state index in [0.717, 1.165) is 33.9 Å². The molecule has 0 spiro atoms. The van der Waals surface area contributed by atoms with Crippen LogP contribution >= 0.6 is 0 Å². The van der Waals surface area contributed by atoms with Crippen LogP contribution in [0.2, 0.25) is 0 Å². The van der Waals surface area contributed by atoms with E-state index >= 15 is 0 Å². The van der Waals surface area contributed by atoms with Crippen LogP contribution in [0.3, 0.4) is 0 Å². The van der Waals surface area contributed by atoms with E-state index in [1.54, 1.807) is 61.5 Å². The van der Waals surface area contributed by atoms with E-state index in [1.807, 2.05) is 6.92 Å². The smallest absolute Gasteiger partial charge is 0.209 e. The molecule has 0 saturated carbocycles. The van der Waals surface area contributed by atoms with Crippen LogP contribution in [-0.4, -0.2) is 34.0 Å². The van der Waals surface area contributed by atoms with E-state index in [0.29, 0.717) is 5.56 Å². The first-order valence-electron chi connectivity index (χ1n) is 12.7. The van der Waals surface area contributed by atoms with Gasteiger partial charge in [0.15, 0.2) is 0 Å². The van der Waals surface area contributed by atoms with Crippen LogP contribution in [0.15, 0.2) is 118 Å². The van der Waals surface area contributed by atoms with Gasteiger partial charge in [0, 0.05) is 6.54 Å². The van der Waals surface area contributed by atoms with Crippen molar-refractivity contribution in [2.45, 2.75) is 35.9 Å². The Morgan fingerprint density at radius 2 is 1.29 bits per heavy atom. The number of benzene rings is 4. The van der Waals surface area contributed by atoms with Crippen molar-refractivity contribution in [1.29, 1.82) is 0 Å². The maximum Gasteiger partial charge on any atom is 0.416 e. The Balaban J connectivity index is 1.78. The minimum atomic E-state index is -4.54. The van der Waals surface area contributed by atoms with E-state index in [9.17, 15) is 30.0 Å². The normalized spacial score (nSPS) is 13.3. The summed E-state index contributed by atoms with van der Waals surface area (Å²) in [6.45, 7) is 3.22. The second-order valence-corrected chi connectivity index (χ2v) is 13.1. The van der Waals surface area contributed by atoms with Gasteiger partial charge in [-0.25, -0.2) is 13.1 Å². The molecule has 0 fully saturated rings. The van der Waals surface area contributed by atoms with Crippen molar-refractivity contribution in [3.05, 3.63) is 131 Å². The molecule has 1 atom stereocenters. The van der Waals surface area contributed by atoms with Crippen molar-refractivity contribution >= 4 is 26.3 Å². The zero-order chi connectivity index (χ0) is 30.5. The molecule has 220 valence electrons. The van der Waals surface area contributed by atoms with Crippen molar-refractivity contribution in [1.82, 2.24) is 9.14 Å². The van der Waals surface area contributed by atoms with Crippen molar-refractivity contribution in [3.63, 3.8) is 0 Å². The quantitative estimate of drug-likeness (QED) is 0.173. The molecule has 12 heteroatoms. The predicted molar refractivity (Wildman–Crippen MR) is 155 cm³/mol. The van der Waals surface area contributed by atoms with Gasteiger partial charge in [-0.1, -0.05) is 77.9 Å². The molecule has 42 heavy (non-hydrogen) atoms. The van der Waals surface area contributed by atoms with E-state index < -0.39 is 44.4 Å². The molecule has 0 aromatic heterocycles. The number of alkyl halides is 3. The summed E-state index contributed by atoms with van der Waals surface area (Å²) in [7, 11) is -8.43. The van der Waals surface area contributed by atoms with Crippen LogP contribution in [0.4, 0.5) is 13.2 Å². The maximum absolute atomic E-state index is 14.0. The molecular weight excluding hydrogens is 587 g/mol. The lowest BCUT2D eigenvalue weighted by Crippen LogP contribution is -2.39. The van der Waals surface area contributed by atoms with Gasteiger partial charge in [-0.05, 0) is 61.4 Å². The van der Waals surface area contributed by atoms with Gasteiger partial charge in [-0.15, -0.1) is 0 Å². The first kappa shape index (κ1) is 30.9. The first-order chi connectivity index (χ1) is 19.8. The highest BCUT2D eigenvalue weighted by Crippen LogP contribution is 2.30. The molecule has 4 aromatic carbocycles. The molecule has 4 rings (SSSR count). The van der Waals surface area contributed by atoms with Gasteiger partial charge in [0.25, 0.3) is 10.0 Å². The minimum absolute atomic E-state index is 0.00103. The molecule has 1 N–H and O–H groups in total. The summed E-state index contributed by atoms with van der Waals surface area (Å²) in [6, 6.07) is 23.5. The molecule has 0 aliphatic heterocycles. The third-order valence-electron chi connectivity index (χ3n) is 6.37. The third kappa shape index (κ3) is 7.44. The van der Waals surface area contributed by atoms with Gasteiger partial charge >= 0.3 is 6.18 Å². The van der Waals surface area contributed by atoms with Crippen molar-refractivity contribution in [2.24, 2.45) is 5.10 Å². The van der Waals surface area contributed by atoms with Crippen LogP contribution in [-0.2, 0) is 26.2 Å².